The predicted molar refractivity (Wildman–Crippen MR) is 123 cm³/mol. The van der Waals surface area contributed by atoms with E-state index in [1.807, 2.05) is 25.1 Å². The molecule has 0 saturated carbocycles. The third kappa shape index (κ3) is 4.38. The van der Waals surface area contributed by atoms with Gasteiger partial charge in [0.15, 0.2) is 11.5 Å². The van der Waals surface area contributed by atoms with Crippen LogP contribution in [0.5, 0.6) is 11.5 Å². The lowest BCUT2D eigenvalue weighted by molar-refractivity contribution is 0.353. The summed E-state index contributed by atoms with van der Waals surface area (Å²) in [7, 11) is 3.15. The molecule has 1 atom stereocenters. The zero-order valence-corrected chi connectivity index (χ0v) is 19.7. The Labute approximate surface area is 185 Å². The number of halogens is 2. The molecule has 0 amide bonds. The van der Waals surface area contributed by atoms with Crippen LogP contribution in [0.1, 0.15) is 37.6 Å². The first-order valence-electron chi connectivity index (χ1n) is 9.07. The Morgan fingerprint density at radius 1 is 1.21 bits per heavy atom. The van der Waals surface area contributed by atoms with E-state index in [0.29, 0.717) is 28.2 Å². The SMILES string of the molecule is CC[C@@H](C)c1nc2ccc(Br)cc2c(=O)n1N=Cc1cc(Br)c(OC)c(OC)c1. The fourth-order valence-corrected chi connectivity index (χ4v) is 3.90. The van der Waals surface area contributed by atoms with Crippen LogP contribution in [0.2, 0.25) is 0 Å². The lowest BCUT2D eigenvalue weighted by atomic mass is 10.1. The molecule has 0 bridgehead atoms. The molecule has 1 aromatic heterocycles. The molecular weight excluding hydrogens is 502 g/mol. The average molecular weight is 523 g/mol. The smallest absolute Gasteiger partial charge is 0.282 e. The summed E-state index contributed by atoms with van der Waals surface area (Å²) in [5, 5.41) is 4.99. The summed E-state index contributed by atoms with van der Waals surface area (Å²) < 4.78 is 13.7. The molecule has 0 spiro atoms. The van der Waals surface area contributed by atoms with Crippen molar-refractivity contribution in [3.8, 4) is 11.5 Å². The maximum Gasteiger partial charge on any atom is 0.282 e. The summed E-state index contributed by atoms with van der Waals surface area (Å²) >= 11 is 6.90. The minimum atomic E-state index is -0.206. The number of methoxy groups -OCH3 is 2. The standard InChI is InChI=1S/C21H21Br2N3O3/c1-5-12(2)20-25-17-7-6-14(22)10-15(17)21(27)26(20)24-11-13-8-16(23)19(29-4)18(9-13)28-3/h6-12H,5H2,1-4H3/t12-/m1/s1. The summed E-state index contributed by atoms with van der Waals surface area (Å²) in [5.41, 5.74) is 1.21. The van der Waals surface area contributed by atoms with Crippen LogP contribution in [0.15, 0.2) is 49.2 Å². The van der Waals surface area contributed by atoms with Crippen molar-refractivity contribution in [3.63, 3.8) is 0 Å². The molecule has 3 rings (SSSR count). The van der Waals surface area contributed by atoms with Crippen LogP contribution in [-0.2, 0) is 0 Å². The number of fused-ring (bicyclic) bond motifs is 1. The van der Waals surface area contributed by atoms with Gasteiger partial charge in [0, 0.05) is 10.4 Å². The van der Waals surface area contributed by atoms with E-state index in [0.717, 1.165) is 20.9 Å². The molecule has 2 aromatic carbocycles. The zero-order valence-electron chi connectivity index (χ0n) is 16.6. The molecule has 1 heterocycles. The normalized spacial score (nSPS) is 12.5. The highest BCUT2D eigenvalue weighted by Crippen LogP contribution is 2.35. The monoisotopic (exact) mass is 521 g/mol. The van der Waals surface area contributed by atoms with Gasteiger partial charge in [0.05, 0.1) is 35.8 Å². The van der Waals surface area contributed by atoms with Gasteiger partial charge in [-0.05, 0) is 58.2 Å². The van der Waals surface area contributed by atoms with Crippen molar-refractivity contribution in [2.24, 2.45) is 5.10 Å². The number of aromatic nitrogens is 2. The topological polar surface area (TPSA) is 65.7 Å². The number of ether oxygens (including phenoxy) is 2. The van der Waals surface area contributed by atoms with Gasteiger partial charge in [-0.15, -0.1) is 0 Å². The number of hydrogen-bond acceptors (Lipinski definition) is 5. The third-order valence-electron chi connectivity index (χ3n) is 4.66. The molecule has 0 radical (unpaired) electrons. The van der Waals surface area contributed by atoms with E-state index < -0.39 is 0 Å². The highest BCUT2D eigenvalue weighted by molar-refractivity contribution is 9.10. The van der Waals surface area contributed by atoms with Crippen LogP contribution in [0.3, 0.4) is 0 Å². The lowest BCUT2D eigenvalue weighted by Crippen LogP contribution is -2.23. The minimum absolute atomic E-state index is 0.0741. The third-order valence-corrected chi connectivity index (χ3v) is 5.75. The van der Waals surface area contributed by atoms with E-state index in [1.54, 1.807) is 32.6 Å². The molecule has 0 aliphatic heterocycles. The number of rotatable bonds is 6. The molecule has 152 valence electrons. The number of hydrogen-bond donors (Lipinski definition) is 0. The Balaban J connectivity index is 2.17. The highest BCUT2D eigenvalue weighted by Gasteiger charge is 2.16. The van der Waals surface area contributed by atoms with Crippen LogP contribution in [-0.4, -0.2) is 30.1 Å². The molecule has 0 fully saturated rings. The van der Waals surface area contributed by atoms with Crippen molar-refractivity contribution in [2.45, 2.75) is 26.2 Å². The van der Waals surface area contributed by atoms with Gasteiger partial charge in [-0.1, -0.05) is 29.8 Å². The van der Waals surface area contributed by atoms with Gasteiger partial charge in [0.25, 0.3) is 5.56 Å². The molecule has 0 saturated heterocycles. The first-order valence-corrected chi connectivity index (χ1v) is 10.7. The molecule has 0 aliphatic rings. The summed E-state index contributed by atoms with van der Waals surface area (Å²) in [6.07, 6.45) is 2.46. The fourth-order valence-electron chi connectivity index (χ4n) is 2.92. The van der Waals surface area contributed by atoms with E-state index in [-0.39, 0.29) is 11.5 Å². The van der Waals surface area contributed by atoms with Crippen molar-refractivity contribution in [3.05, 3.63) is 61.0 Å². The van der Waals surface area contributed by atoms with E-state index in [9.17, 15) is 4.79 Å². The van der Waals surface area contributed by atoms with Crippen molar-refractivity contribution in [2.75, 3.05) is 14.2 Å². The Hall–Kier alpha value is -2.19. The number of benzene rings is 2. The summed E-state index contributed by atoms with van der Waals surface area (Å²) in [4.78, 5) is 17.9. The van der Waals surface area contributed by atoms with E-state index in [4.69, 9.17) is 14.5 Å². The molecule has 6 nitrogen and oxygen atoms in total. The van der Waals surface area contributed by atoms with Crippen molar-refractivity contribution in [1.29, 1.82) is 0 Å². The molecule has 8 heteroatoms. The van der Waals surface area contributed by atoms with Gasteiger partial charge in [0.2, 0.25) is 0 Å². The lowest BCUT2D eigenvalue weighted by Gasteiger charge is -2.14. The second kappa shape index (κ2) is 9.09. The second-order valence-corrected chi connectivity index (χ2v) is 8.31. The Morgan fingerprint density at radius 2 is 1.97 bits per heavy atom. The van der Waals surface area contributed by atoms with Gasteiger partial charge in [-0.2, -0.15) is 9.78 Å². The molecule has 0 unspecified atom stereocenters. The van der Waals surface area contributed by atoms with Gasteiger partial charge in [0.1, 0.15) is 5.82 Å². The van der Waals surface area contributed by atoms with Gasteiger partial charge in [-0.25, -0.2) is 4.98 Å². The first-order chi connectivity index (χ1) is 13.9. The Bertz CT molecular complexity index is 1140. The van der Waals surface area contributed by atoms with E-state index >= 15 is 0 Å². The largest absolute Gasteiger partial charge is 0.493 e. The van der Waals surface area contributed by atoms with Gasteiger partial charge in [-0.3, -0.25) is 4.79 Å². The Morgan fingerprint density at radius 3 is 2.62 bits per heavy atom. The second-order valence-electron chi connectivity index (χ2n) is 6.54. The maximum absolute atomic E-state index is 13.2. The summed E-state index contributed by atoms with van der Waals surface area (Å²) in [6.45, 7) is 4.09. The van der Waals surface area contributed by atoms with Crippen LogP contribution in [0.4, 0.5) is 0 Å². The maximum atomic E-state index is 13.2. The van der Waals surface area contributed by atoms with Gasteiger partial charge >= 0.3 is 0 Å². The molecule has 0 N–H and O–H groups in total. The molecule has 29 heavy (non-hydrogen) atoms. The fraction of sp³-hybridized carbons (Fsp3) is 0.286. The van der Waals surface area contributed by atoms with Crippen molar-refractivity contribution >= 4 is 49.0 Å². The van der Waals surface area contributed by atoms with Crippen molar-refractivity contribution < 1.29 is 9.47 Å². The highest BCUT2D eigenvalue weighted by atomic mass is 79.9. The summed E-state index contributed by atoms with van der Waals surface area (Å²) in [5.74, 6) is 1.87. The van der Waals surface area contributed by atoms with Crippen LogP contribution in [0, 0.1) is 0 Å². The van der Waals surface area contributed by atoms with E-state index in [1.165, 1.54) is 4.68 Å². The summed E-state index contributed by atoms with van der Waals surface area (Å²) in [6, 6.07) is 9.14. The quantitative estimate of drug-likeness (QED) is 0.410. The van der Waals surface area contributed by atoms with Gasteiger partial charge < -0.3 is 9.47 Å². The van der Waals surface area contributed by atoms with E-state index in [2.05, 4.69) is 43.9 Å². The predicted octanol–water partition coefficient (Wildman–Crippen LogP) is 5.33. The average Bonchev–Trinajstić information content (AvgIpc) is 2.72. The Kier molecular flexibility index (Phi) is 6.74. The molecular formula is C21H21Br2N3O3. The van der Waals surface area contributed by atoms with Crippen LogP contribution in [0.25, 0.3) is 10.9 Å². The van der Waals surface area contributed by atoms with Crippen LogP contribution >= 0.6 is 31.9 Å². The van der Waals surface area contributed by atoms with Crippen molar-refractivity contribution in [1.82, 2.24) is 9.66 Å². The molecule has 3 aromatic rings. The first kappa shape index (κ1) is 21.5. The van der Waals surface area contributed by atoms with Crippen LogP contribution < -0.4 is 15.0 Å². The zero-order chi connectivity index (χ0) is 21.1. The number of nitrogens with zero attached hydrogens (tertiary/aromatic N) is 3. The molecule has 0 aliphatic carbocycles. The minimum Gasteiger partial charge on any atom is -0.493 e.